The Kier molecular flexibility index (Phi) is 7.79. The molecule has 0 radical (unpaired) electrons. The van der Waals surface area contributed by atoms with Crippen LogP contribution in [0.5, 0.6) is 5.75 Å². The number of fused-ring (bicyclic) bond motifs is 1. The van der Waals surface area contributed by atoms with Gasteiger partial charge in [0.2, 0.25) is 0 Å². The molecule has 1 N–H and O–H groups in total. The summed E-state index contributed by atoms with van der Waals surface area (Å²) in [6.45, 7) is 2.42. The summed E-state index contributed by atoms with van der Waals surface area (Å²) < 4.78 is 7.75. The summed E-state index contributed by atoms with van der Waals surface area (Å²) in [5, 5.41) is 14.6. The molecular weight excluding hydrogens is 380 g/mol. The van der Waals surface area contributed by atoms with Gasteiger partial charge in [-0.15, -0.1) is 0 Å². The lowest BCUT2D eigenvalue weighted by Crippen LogP contribution is -2.15. The Balaban J connectivity index is 1.67. The van der Waals surface area contributed by atoms with E-state index in [0.29, 0.717) is 13.0 Å². The van der Waals surface area contributed by atoms with Gasteiger partial charge >= 0.3 is 5.97 Å². The van der Waals surface area contributed by atoms with Crippen LogP contribution < -0.4 is 4.74 Å². The van der Waals surface area contributed by atoms with Gasteiger partial charge in [-0.25, -0.2) is 9.67 Å². The summed E-state index contributed by atoms with van der Waals surface area (Å²) in [6.07, 6.45) is 5.40. The molecule has 7 nitrogen and oxygen atoms in total. The van der Waals surface area contributed by atoms with Crippen molar-refractivity contribution in [2.75, 3.05) is 27.2 Å². The van der Waals surface area contributed by atoms with Crippen LogP contribution in [0.25, 0.3) is 22.3 Å². The summed E-state index contributed by atoms with van der Waals surface area (Å²) in [4.78, 5) is 17.3. The molecule has 0 fully saturated rings. The summed E-state index contributed by atoms with van der Waals surface area (Å²) >= 11 is 0. The van der Waals surface area contributed by atoms with E-state index in [2.05, 4.69) is 24.0 Å². The van der Waals surface area contributed by atoms with Crippen LogP contribution in [-0.4, -0.2) is 58.0 Å². The molecule has 30 heavy (non-hydrogen) atoms. The summed E-state index contributed by atoms with van der Waals surface area (Å²) in [7, 11) is 4.12. The average molecular weight is 411 g/mol. The molecule has 0 aliphatic rings. The number of ether oxygens (including phenoxy) is 1. The molecule has 7 heteroatoms. The number of rotatable bonds is 12. The van der Waals surface area contributed by atoms with E-state index in [1.165, 1.54) is 0 Å². The van der Waals surface area contributed by atoms with Crippen molar-refractivity contribution in [1.82, 2.24) is 19.7 Å². The number of nitrogens with zero attached hydrogens (tertiary/aromatic N) is 4. The molecule has 0 atom stereocenters. The molecule has 0 spiro atoms. The van der Waals surface area contributed by atoms with Crippen LogP contribution in [-0.2, 0) is 11.3 Å². The van der Waals surface area contributed by atoms with Crippen LogP contribution in [0.15, 0.2) is 42.6 Å². The summed E-state index contributed by atoms with van der Waals surface area (Å²) in [6, 6.07) is 12.0. The van der Waals surface area contributed by atoms with Crippen molar-refractivity contribution in [2.24, 2.45) is 0 Å². The first-order chi connectivity index (χ1) is 14.5. The third-order valence-corrected chi connectivity index (χ3v) is 4.91. The van der Waals surface area contributed by atoms with Gasteiger partial charge in [-0.1, -0.05) is 6.42 Å². The quantitative estimate of drug-likeness (QED) is 0.453. The number of carboxylic acids is 1. The largest absolute Gasteiger partial charge is 0.494 e. The van der Waals surface area contributed by atoms with Crippen LogP contribution in [0, 0.1) is 0 Å². The Bertz CT molecular complexity index is 951. The van der Waals surface area contributed by atoms with Gasteiger partial charge in [0, 0.05) is 36.7 Å². The molecule has 0 saturated carbocycles. The summed E-state index contributed by atoms with van der Waals surface area (Å²) in [5.74, 6) is 0.117. The van der Waals surface area contributed by atoms with Crippen LogP contribution in [0.3, 0.4) is 0 Å². The third-order valence-electron chi connectivity index (χ3n) is 4.91. The zero-order valence-corrected chi connectivity index (χ0v) is 17.8. The maximum Gasteiger partial charge on any atom is 0.303 e. The van der Waals surface area contributed by atoms with Crippen LogP contribution in [0.1, 0.15) is 32.1 Å². The van der Waals surface area contributed by atoms with E-state index in [9.17, 15) is 4.79 Å². The standard InChI is InChI=1S/C23H30N4O3/c1-26(2)15-7-17-30-19-12-10-18(11-13-19)22-20-8-6-14-24-23(20)27(25-22)16-5-3-4-9-21(28)29/h6,8,10-14H,3-5,7,9,15-17H2,1-2H3,(H,28,29). The molecule has 2 heterocycles. The van der Waals surface area contributed by atoms with Gasteiger partial charge < -0.3 is 14.7 Å². The average Bonchev–Trinajstić information content (AvgIpc) is 3.10. The summed E-state index contributed by atoms with van der Waals surface area (Å²) in [5.41, 5.74) is 2.79. The van der Waals surface area contributed by atoms with Gasteiger partial charge in [0.15, 0.2) is 5.65 Å². The van der Waals surface area contributed by atoms with E-state index < -0.39 is 5.97 Å². The predicted octanol–water partition coefficient (Wildman–Crippen LogP) is 4.07. The van der Waals surface area contributed by atoms with Crippen molar-refractivity contribution >= 4 is 17.0 Å². The molecule has 0 aliphatic carbocycles. The predicted molar refractivity (Wildman–Crippen MR) is 118 cm³/mol. The van der Waals surface area contributed by atoms with Gasteiger partial charge in [-0.2, -0.15) is 5.10 Å². The topological polar surface area (TPSA) is 80.5 Å². The second-order valence-corrected chi connectivity index (χ2v) is 7.68. The number of hydrogen-bond donors (Lipinski definition) is 1. The zero-order chi connectivity index (χ0) is 21.3. The van der Waals surface area contributed by atoms with E-state index in [1.54, 1.807) is 6.20 Å². The Labute approximate surface area is 177 Å². The smallest absolute Gasteiger partial charge is 0.303 e. The maximum atomic E-state index is 10.7. The maximum absolute atomic E-state index is 10.7. The fourth-order valence-corrected chi connectivity index (χ4v) is 3.37. The number of hydrogen-bond acceptors (Lipinski definition) is 5. The molecule has 160 valence electrons. The number of pyridine rings is 1. The highest BCUT2D eigenvalue weighted by molar-refractivity contribution is 5.91. The molecule has 0 amide bonds. The lowest BCUT2D eigenvalue weighted by Gasteiger charge is -2.10. The lowest BCUT2D eigenvalue weighted by atomic mass is 10.1. The number of unbranched alkanes of at least 4 members (excludes halogenated alkanes) is 2. The Morgan fingerprint density at radius 3 is 2.63 bits per heavy atom. The van der Waals surface area contributed by atoms with Gasteiger partial charge in [-0.3, -0.25) is 4.79 Å². The van der Waals surface area contributed by atoms with E-state index in [1.807, 2.05) is 41.1 Å². The zero-order valence-electron chi connectivity index (χ0n) is 17.8. The number of carboxylic acid groups (broad SMARTS) is 1. The van der Waals surface area contributed by atoms with Crippen molar-refractivity contribution < 1.29 is 14.6 Å². The van der Waals surface area contributed by atoms with E-state index in [-0.39, 0.29) is 6.42 Å². The van der Waals surface area contributed by atoms with Crippen molar-refractivity contribution in [3.05, 3.63) is 42.6 Å². The molecule has 1 aromatic carbocycles. The van der Waals surface area contributed by atoms with Gasteiger partial charge in [0.05, 0.1) is 6.61 Å². The number of carbonyl (C=O) groups is 1. The van der Waals surface area contributed by atoms with Crippen molar-refractivity contribution in [1.29, 1.82) is 0 Å². The van der Waals surface area contributed by atoms with Crippen molar-refractivity contribution in [2.45, 2.75) is 38.6 Å². The fraction of sp³-hybridized carbons (Fsp3) is 0.435. The molecule has 0 bridgehead atoms. The number of aliphatic carboxylic acids is 1. The lowest BCUT2D eigenvalue weighted by molar-refractivity contribution is -0.137. The van der Waals surface area contributed by atoms with Gasteiger partial charge in [0.1, 0.15) is 11.4 Å². The molecule has 0 unspecified atom stereocenters. The SMILES string of the molecule is CN(C)CCCOc1ccc(-c2nn(CCCCCC(=O)O)c3ncccc23)cc1. The first-order valence-corrected chi connectivity index (χ1v) is 10.5. The highest BCUT2D eigenvalue weighted by Crippen LogP contribution is 2.28. The molecular formula is C23H30N4O3. The minimum absolute atomic E-state index is 0.215. The van der Waals surface area contributed by atoms with Gasteiger partial charge in [0.25, 0.3) is 0 Å². The fourth-order valence-electron chi connectivity index (χ4n) is 3.37. The first kappa shape index (κ1) is 21.8. The molecule has 2 aromatic heterocycles. The third kappa shape index (κ3) is 6.03. The minimum atomic E-state index is -0.742. The molecule has 3 rings (SSSR count). The van der Waals surface area contributed by atoms with E-state index in [4.69, 9.17) is 14.9 Å². The second kappa shape index (κ2) is 10.7. The number of benzene rings is 1. The highest BCUT2D eigenvalue weighted by Gasteiger charge is 2.13. The number of aryl methyl sites for hydroxylation is 1. The normalized spacial score (nSPS) is 11.3. The van der Waals surface area contributed by atoms with Crippen LogP contribution in [0.4, 0.5) is 0 Å². The van der Waals surface area contributed by atoms with E-state index >= 15 is 0 Å². The van der Waals surface area contributed by atoms with Crippen LogP contribution in [0.2, 0.25) is 0 Å². The Hall–Kier alpha value is -2.93. The Morgan fingerprint density at radius 1 is 1.10 bits per heavy atom. The van der Waals surface area contributed by atoms with Crippen molar-refractivity contribution in [3.63, 3.8) is 0 Å². The molecule has 3 aromatic rings. The second-order valence-electron chi connectivity index (χ2n) is 7.68. The monoisotopic (exact) mass is 410 g/mol. The van der Waals surface area contributed by atoms with Crippen molar-refractivity contribution in [3.8, 4) is 17.0 Å². The molecule has 0 aliphatic heterocycles. The highest BCUT2D eigenvalue weighted by atomic mass is 16.5. The first-order valence-electron chi connectivity index (χ1n) is 10.5. The molecule has 0 saturated heterocycles. The van der Waals surface area contributed by atoms with Gasteiger partial charge in [-0.05, 0) is 69.8 Å². The van der Waals surface area contributed by atoms with Crippen LogP contribution >= 0.6 is 0 Å². The number of aromatic nitrogens is 3. The van der Waals surface area contributed by atoms with E-state index in [0.717, 1.165) is 60.4 Å². The Morgan fingerprint density at radius 2 is 1.90 bits per heavy atom. The minimum Gasteiger partial charge on any atom is -0.494 e.